The van der Waals surface area contributed by atoms with Gasteiger partial charge in [0.15, 0.2) is 10.8 Å². The van der Waals surface area contributed by atoms with Crippen molar-refractivity contribution in [3.05, 3.63) is 55.0 Å². The number of nitrogen functional groups attached to an aromatic ring is 1. The van der Waals surface area contributed by atoms with Crippen molar-refractivity contribution in [2.45, 2.75) is 10.1 Å². The highest BCUT2D eigenvalue weighted by Gasteiger charge is 2.10. The van der Waals surface area contributed by atoms with E-state index in [-0.39, 0.29) is 0 Å². The summed E-state index contributed by atoms with van der Waals surface area (Å²) in [6.45, 7) is 0. The van der Waals surface area contributed by atoms with Crippen LogP contribution in [0.25, 0.3) is 16.4 Å². The number of nitrogens with two attached hydrogens (primary N) is 1. The van der Waals surface area contributed by atoms with E-state index in [4.69, 9.17) is 5.73 Å². The first-order chi connectivity index (χ1) is 10.3. The second-order valence-corrected chi connectivity index (χ2v) is 5.60. The number of hydrogen-bond acceptors (Lipinski definition) is 5. The molecule has 4 rings (SSSR count). The Morgan fingerprint density at radius 3 is 2.90 bits per heavy atom. The minimum Gasteiger partial charge on any atom is -0.398 e. The molecule has 0 unspecified atom stereocenters. The molecule has 0 aliphatic heterocycles. The highest BCUT2D eigenvalue weighted by molar-refractivity contribution is 7.99. The number of anilines is 1. The lowest BCUT2D eigenvalue weighted by Crippen LogP contribution is -1.90. The average Bonchev–Trinajstić information content (AvgIpc) is 2.94. The van der Waals surface area contributed by atoms with Crippen LogP contribution in [0.1, 0.15) is 0 Å². The largest absolute Gasteiger partial charge is 0.398 e. The van der Waals surface area contributed by atoms with Gasteiger partial charge < -0.3 is 5.73 Å². The molecule has 0 bridgehead atoms. The molecular formula is C15H11N5S. The van der Waals surface area contributed by atoms with Gasteiger partial charge in [-0.1, -0.05) is 6.07 Å². The summed E-state index contributed by atoms with van der Waals surface area (Å²) >= 11 is 1.56. The van der Waals surface area contributed by atoms with E-state index in [2.05, 4.69) is 15.2 Å². The number of fused-ring (bicyclic) bond motifs is 2. The van der Waals surface area contributed by atoms with Crippen LogP contribution in [0.15, 0.2) is 65.0 Å². The van der Waals surface area contributed by atoms with E-state index < -0.39 is 0 Å². The molecule has 0 saturated carbocycles. The Balaban J connectivity index is 1.86. The van der Waals surface area contributed by atoms with Crippen molar-refractivity contribution in [2.24, 2.45) is 0 Å². The number of nitrogens with zero attached hydrogens (tertiary/aromatic N) is 4. The Morgan fingerprint density at radius 1 is 1.00 bits per heavy atom. The molecule has 0 saturated heterocycles. The fourth-order valence-electron chi connectivity index (χ4n) is 2.26. The predicted molar refractivity (Wildman–Crippen MR) is 83.3 cm³/mol. The van der Waals surface area contributed by atoms with E-state index >= 15 is 0 Å². The monoisotopic (exact) mass is 293 g/mol. The van der Waals surface area contributed by atoms with Gasteiger partial charge in [-0.2, -0.15) is 0 Å². The van der Waals surface area contributed by atoms with E-state index in [0.29, 0.717) is 0 Å². The Labute approximate surface area is 124 Å². The maximum absolute atomic E-state index is 6.02. The fourth-order valence-corrected chi connectivity index (χ4v) is 3.20. The average molecular weight is 293 g/mol. The van der Waals surface area contributed by atoms with Gasteiger partial charge in [0.1, 0.15) is 0 Å². The van der Waals surface area contributed by atoms with E-state index in [1.165, 1.54) is 0 Å². The van der Waals surface area contributed by atoms with Gasteiger partial charge in [-0.05, 0) is 42.1 Å². The van der Waals surface area contributed by atoms with Crippen LogP contribution in [-0.2, 0) is 0 Å². The summed E-state index contributed by atoms with van der Waals surface area (Å²) in [6.07, 6.45) is 5.53. The first-order valence-electron chi connectivity index (χ1n) is 6.43. The Morgan fingerprint density at radius 2 is 1.95 bits per heavy atom. The lowest BCUT2D eigenvalue weighted by atomic mass is 10.1. The lowest BCUT2D eigenvalue weighted by molar-refractivity contribution is 0.922. The van der Waals surface area contributed by atoms with Crippen LogP contribution in [0.4, 0.5) is 5.69 Å². The second kappa shape index (κ2) is 4.75. The molecule has 0 aliphatic rings. The zero-order valence-electron chi connectivity index (χ0n) is 11.0. The van der Waals surface area contributed by atoms with Crippen molar-refractivity contribution >= 4 is 33.9 Å². The van der Waals surface area contributed by atoms with Gasteiger partial charge in [0, 0.05) is 39.9 Å². The molecule has 0 amide bonds. The summed E-state index contributed by atoms with van der Waals surface area (Å²) in [6, 6.07) is 11.7. The number of pyridine rings is 2. The Bertz CT molecular complexity index is 947. The quantitative estimate of drug-likeness (QED) is 0.575. The highest BCUT2D eigenvalue weighted by Crippen LogP contribution is 2.34. The summed E-state index contributed by atoms with van der Waals surface area (Å²) in [5.41, 5.74) is 7.60. The van der Waals surface area contributed by atoms with E-state index in [1.807, 2.05) is 53.2 Å². The molecule has 2 N–H and O–H groups in total. The van der Waals surface area contributed by atoms with Gasteiger partial charge in [0.05, 0.1) is 0 Å². The smallest absolute Gasteiger partial charge is 0.200 e. The number of rotatable bonds is 2. The molecule has 0 spiro atoms. The SMILES string of the molecule is Nc1ccc(Sc2nnc3ccccn23)c2cnccc12. The van der Waals surface area contributed by atoms with Crippen LogP contribution < -0.4 is 5.73 Å². The zero-order valence-corrected chi connectivity index (χ0v) is 11.8. The van der Waals surface area contributed by atoms with Crippen molar-refractivity contribution in [3.8, 4) is 0 Å². The number of hydrogen-bond donors (Lipinski definition) is 1. The van der Waals surface area contributed by atoms with Crippen LogP contribution in [0.2, 0.25) is 0 Å². The minimum atomic E-state index is 0.753. The van der Waals surface area contributed by atoms with Gasteiger partial charge in [0.2, 0.25) is 0 Å². The van der Waals surface area contributed by atoms with Crippen LogP contribution >= 0.6 is 11.8 Å². The molecular weight excluding hydrogens is 282 g/mol. The molecule has 5 nitrogen and oxygen atoms in total. The Hall–Kier alpha value is -2.60. The van der Waals surface area contributed by atoms with Crippen LogP contribution in [0.5, 0.6) is 0 Å². The van der Waals surface area contributed by atoms with Gasteiger partial charge >= 0.3 is 0 Å². The Kier molecular flexibility index (Phi) is 2.75. The number of aromatic nitrogens is 4. The normalized spacial score (nSPS) is 11.2. The summed E-state index contributed by atoms with van der Waals surface area (Å²) in [7, 11) is 0. The van der Waals surface area contributed by atoms with E-state index in [9.17, 15) is 0 Å². The van der Waals surface area contributed by atoms with Gasteiger partial charge in [-0.15, -0.1) is 10.2 Å². The molecule has 0 aliphatic carbocycles. The molecule has 0 atom stereocenters. The van der Waals surface area contributed by atoms with Crippen molar-refractivity contribution in [1.29, 1.82) is 0 Å². The molecule has 4 aromatic rings. The van der Waals surface area contributed by atoms with Crippen molar-refractivity contribution in [3.63, 3.8) is 0 Å². The van der Waals surface area contributed by atoms with Crippen LogP contribution in [-0.4, -0.2) is 19.6 Å². The molecule has 0 fully saturated rings. The fraction of sp³-hybridized carbons (Fsp3) is 0. The molecule has 6 heteroatoms. The van der Waals surface area contributed by atoms with Gasteiger partial charge in [-0.25, -0.2) is 0 Å². The second-order valence-electron chi connectivity index (χ2n) is 4.59. The molecule has 1 aromatic carbocycles. The third-order valence-corrected chi connectivity index (χ3v) is 4.33. The highest BCUT2D eigenvalue weighted by atomic mass is 32.2. The predicted octanol–water partition coefficient (Wildman–Crippen LogP) is 3.01. The molecule has 102 valence electrons. The third-order valence-electron chi connectivity index (χ3n) is 3.30. The first-order valence-corrected chi connectivity index (χ1v) is 7.24. The van der Waals surface area contributed by atoms with E-state index in [0.717, 1.165) is 32.2 Å². The van der Waals surface area contributed by atoms with Crippen LogP contribution in [0, 0.1) is 0 Å². The topological polar surface area (TPSA) is 69.1 Å². The molecule has 21 heavy (non-hydrogen) atoms. The maximum Gasteiger partial charge on any atom is 0.200 e. The van der Waals surface area contributed by atoms with Crippen LogP contribution in [0.3, 0.4) is 0 Å². The standard InChI is InChI=1S/C15H11N5S/c16-12-4-5-13(11-9-17-7-6-10(11)12)21-15-19-18-14-3-1-2-8-20(14)15/h1-9H,16H2. The summed E-state index contributed by atoms with van der Waals surface area (Å²) in [4.78, 5) is 5.26. The lowest BCUT2D eigenvalue weighted by Gasteiger charge is -2.07. The zero-order chi connectivity index (χ0) is 14.2. The number of benzene rings is 1. The van der Waals surface area contributed by atoms with Crippen molar-refractivity contribution in [2.75, 3.05) is 5.73 Å². The van der Waals surface area contributed by atoms with Gasteiger partial charge in [0.25, 0.3) is 0 Å². The molecule has 0 radical (unpaired) electrons. The first kappa shape index (κ1) is 12.2. The van der Waals surface area contributed by atoms with Crippen molar-refractivity contribution < 1.29 is 0 Å². The summed E-state index contributed by atoms with van der Waals surface area (Å²) in [5, 5.41) is 11.3. The van der Waals surface area contributed by atoms with E-state index in [1.54, 1.807) is 18.0 Å². The van der Waals surface area contributed by atoms with Crippen molar-refractivity contribution in [1.82, 2.24) is 19.6 Å². The molecule has 3 aromatic heterocycles. The summed E-state index contributed by atoms with van der Waals surface area (Å²) < 4.78 is 1.96. The maximum atomic E-state index is 6.02. The minimum absolute atomic E-state index is 0.753. The van der Waals surface area contributed by atoms with Gasteiger partial charge in [-0.3, -0.25) is 9.38 Å². The molecule has 3 heterocycles. The summed E-state index contributed by atoms with van der Waals surface area (Å²) in [5.74, 6) is 0. The third kappa shape index (κ3) is 2.00.